The first-order chi connectivity index (χ1) is 15.9. The van der Waals surface area contributed by atoms with Crippen LogP contribution in [0.4, 0.5) is 5.82 Å². The quantitative estimate of drug-likeness (QED) is 0.321. The molecular weight excluding hydrogens is 536 g/mol. The molecule has 2 heterocycles. The fourth-order valence-electron chi connectivity index (χ4n) is 2.63. The number of nitrogens with one attached hydrogen (secondary N) is 2. The molecule has 13 heteroatoms. The van der Waals surface area contributed by atoms with Crippen molar-refractivity contribution < 1.29 is 17.9 Å². The van der Waals surface area contributed by atoms with Gasteiger partial charge in [-0.3, -0.25) is 4.72 Å². The molecule has 10 nitrogen and oxygen atoms in total. The van der Waals surface area contributed by atoms with Crippen LogP contribution >= 0.6 is 27.5 Å². The summed E-state index contributed by atoms with van der Waals surface area (Å²) in [5.74, 6) is 0.252. The van der Waals surface area contributed by atoms with Gasteiger partial charge < -0.3 is 9.47 Å². The van der Waals surface area contributed by atoms with Crippen molar-refractivity contribution >= 4 is 43.6 Å². The standard InChI is InChI=1S/C20H22BrClN6O4S/c1-2-3-8-27-33(29,30)28-18-17(14-4-6-16(22)7-5-14)19(26-13-25-18)31-9-10-32-20-23-11-15(21)12-24-20/h4-7,11-13,27H,2-3,8-10H2,1H3,(H,25,26,28). The van der Waals surface area contributed by atoms with E-state index in [2.05, 4.69) is 45.3 Å². The number of benzene rings is 1. The molecule has 0 unspecified atom stereocenters. The number of rotatable bonds is 12. The zero-order valence-electron chi connectivity index (χ0n) is 17.7. The first-order valence-corrected chi connectivity index (χ1v) is 12.6. The van der Waals surface area contributed by atoms with Crippen molar-refractivity contribution in [3.63, 3.8) is 0 Å². The SMILES string of the molecule is CCCCNS(=O)(=O)Nc1ncnc(OCCOc2ncc(Br)cn2)c1-c1ccc(Cl)cc1. The number of nitrogens with zero attached hydrogens (tertiary/aromatic N) is 4. The Balaban J connectivity index is 1.79. The fraction of sp³-hybridized carbons (Fsp3) is 0.300. The summed E-state index contributed by atoms with van der Waals surface area (Å²) in [6.45, 7) is 2.54. The molecule has 176 valence electrons. The molecule has 0 radical (unpaired) electrons. The van der Waals surface area contributed by atoms with Crippen molar-refractivity contribution in [2.24, 2.45) is 0 Å². The van der Waals surface area contributed by atoms with Gasteiger partial charge in [-0.2, -0.15) is 13.1 Å². The average Bonchev–Trinajstić information content (AvgIpc) is 2.79. The van der Waals surface area contributed by atoms with Crippen molar-refractivity contribution in [1.82, 2.24) is 24.7 Å². The van der Waals surface area contributed by atoms with Gasteiger partial charge >= 0.3 is 6.01 Å². The second-order valence-electron chi connectivity index (χ2n) is 6.64. The number of unbranched alkanes of at least 4 members (excludes halogenated alkanes) is 1. The Morgan fingerprint density at radius 3 is 2.42 bits per heavy atom. The summed E-state index contributed by atoms with van der Waals surface area (Å²) in [5.41, 5.74) is 0.994. The summed E-state index contributed by atoms with van der Waals surface area (Å²) in [5, 5.41) is 0.532. The smallest absolute Gasteiger partial charge is 0.316 e. The minimum Gasteiger partial charge on any atom is -0.473 e. The van der Waals surface area contributed by atoms with E-state index in [1.165, 1.54) is 6.33 Å². The van der Waals surface area contributed by atoms with Crippen LogP contribution < -0.4 is 18.9 Å². The molecule has 0 aliphatic heterocycles. The van der Waals surface area contributed by atoms with Crippen LogP contribution in [-0.2, 0) is 10.2 Å². The molecule has 0 aliphatic carbocycles. The Morgan fingerprint density at radius 1 is 1.03 bits per heavy atom. The van der Waals surface area contributed by atoms with Gasteiger partial charge in [-0.25, -0.2) is 19.9 Å². The molecule has 0 saturated carbocycles. The third-order valence-corrected chi connectivity index (χ3v) is 5.86. The van der Waals surface area contributed by atoms with E-state index in [0.29, 0.717) is 29.1 Å². The summed E-state index contributed by atoms with van der Waals surface area (Å²) >= 11 is 9.27. The largest absolute Gasteiger partial charge is 0.473 e. The highest BCUT2D eigenvalue weighted by molar-refractivity contribution is 9.10. The highest BCUT2D eigenvalue weighted by Gasteiger charge is 2.20. The summed E-state index contributed by atoms with van der Waals surface area (Å²) in [6, 6.07) is 7.01. The molecule has 2 N–H and O–H groups in total. The number of aromatic nitrogens is 4. The van der Waals surface area contributed by atoms with Crippen molar-refractivity contribution in [3.05, 3.63) is 52.5 Å². The van der Waals surface area contributed by atoms with E-state index in [1.807, 2.05) is 6.92 Å². The van der Waals surface area contributed by atoms with Crippen molar-refractivity contribution in [2.75, 3.05) is 24.5 Å². The van der Waals surface area contributed by atoms with Gasteiger partial charge in [0.2, 0.25) is 5.88 Å². The average molecular weight is 558 g/mol. The lowest BCUT2D eigenvalue weighted by Gasteiger charge is -2.16. The number of halogens is 2. The van der Waals surface area contributed by atoms with Crippen LogP contribution in [-0.4, -0.2) is 48.1 Å². The second-order valence-corrected chi connectivity index (χ2v) is 9.50. The molecule has 3 aromatic rings. The fourth-order valence-corrected chi connectivity index (χ4v) is 3.85. The van der Waals surface area contributed by atoms with Crippen molar-refractivity contribution in [2.45, 2.75) is 19.8 Å². The predicted molar refractivity (Wildman–Crippen MR) is 129 cm³/mol. The lowest BCUT2D eigenvalue weighted by molar-refractivity contribution is 0.202. The van der Waals surface area contributed by atoms with Gasteiger partial charge in [0.25, 0.3) is 10.2 Å². The van der Waals surface area contributed by atoms with Crippen molar-refractivity contribution in [1.29, 1.82) is 0 Å². The van der Waals surface area contributed by atoms with Gasteiger partial charge in [-0.05, 0) is 40.0 Å². The number of hydrogen-bond acceptors (Lipinski definition) is 8. The van der Waals surface area contributed by atoms with E-state index in [-0.39, 0.29) is 30.9 Å². The zero-order valence-corrected chi connectivity index (χ0v) is 20.8. The van der Waals surface area contributed by atoms with E-state index >= 15 is 0 Å². The molecular formula is C20H22BrClN6O4S. The lowest BCUT2D eigenvalue weighted by Crippen LogP contribution is -2.31. The molecule has 3 rings (SSSR count). The maximum Gasteiger partial charge on any atom is 0.316 e. The van der Waals surface area contributed by atoms with Crippen LogP contribution in [0, 0.1) is 0 Å². The Kier molecular flexibility index (Phi) is 9.18. The maximum absolute atomic E-state index is 12.5. The van der Waals surface area contributed by atoms with Crippen LogP contribution in [0.2, 0.25) is 5.02 Å². The third-order valence-electron chi connectivity index (χ3n) is 4.15. The second kappa shape index (κ2) is 12.1. The molecule has 0 amide bonds. The number of hydrogen-bond donors (Lipinski definition) is 2. The molecule has 0 aliphatic rings. The van der Waals surface area contributed by atoms with E-state index in [4.69, 9.17) is 21.1 Å². The predicted octanol–water partition coefficient (Wildman–Crippen LogP) is 3.85. The van der Waals surface area contributed by atoms with Gasteiger partial charge in [0, 0.05) is 24.0 Å². The van der Waals surface area contributed by atoms with Gasteiger partial charge in [0.15, 0.2) is 5.82 Å². The topological polar surface area (TPSA) is 128 Å². The van der Waals surface area contributed by atoms with E-state index < -0.39 is 10.2 Å². The van der Waals surface area contributed by atoms with Crippen LogP contribution in [0.1, 0.15) is 19.8 Å². The van der Waals surface area contributed by atoms with E-state index in [9.17, 15) is 8.42 Å². The molecule has 0 bridgehead atoms. The normalized spacial score (nSPS) is 11.2. The maximum atomic E-state index is 12.5. The third kappa shape index (κ3) is 7.77. The van der Waals surface area contributed by atoms with Gasteiger partial charge in [-0.1, -0.05) is 37.1 Å². The van der Waals surface area contributed by atoms with E-state index in [0.717, 1.165) is 10.9 Å². The summed E-state index contributed by atoms with van der Waals surface area (Å²) in [6.07, 6.45) is 5.93. The van der Waals surface area contributed by atoms with Crippen LogP contribution in [0.3, 0.4) is 0 Å². The van der Waals surface area contributed by atoms with Crippen LogP contribution in [0.25, 0.3) is 11.1 Å². The van der Waals surface area contributed by atoms with Crippen molar-refractivity contribution in [3.8, 4) is 23.0 Å². The molecule has 0 spiro atoms. The molecule has 0 atom stereocenters. The Labute approximate surface area is 205 Å². The summed E-state index contributed by atoms with van der Waals surface area (Å²) < 4.78 is 41.9. The summed E-state index contributed by atoms with van der Waals surface area (Å²) in [4.78, 5) is 16.4. The highest BCUT2D eigenvalue weighted by atomic mass is 79.9. The van der Waals surface area contributed by atoms with Gasteiger partial charge in [0.05, 0.1) is 10.0 Å². The zero-order chi connectivity index (χ0) is 23.7. The van der Waals surface area contributed by atoms with Crippen LogP contribution in [0.15, 0.2) is 47.5 Å². The van der Waals surface area contributed by atoms with E-state index in [1.54, 1.807) is 36.7 Å². The van der Waals surface area contributed by atoms with Gasteiger partial charge in [0.1, 0.15) is 19.5 Å². The van der Waals surface area contributed by atoms with Gasteiger partial charge in [-0.15, -0.1) is 0 Å². The molecule has 0 fully saturated rings. The summed E-state index contributed by atoms with van der Waals surface area (Å²) in [7, 11) is -3.84. The molecule has 33 heavy (non-hydrogen) atoms. The Bertz CT molecular complexity index is 1150. The molecule has 2 aromatic heterocycles. The monoisotopic (exact) mass is 556 g/mol. The Hall–Kier alpha value is -2.54. The lowest BCUT2D eigenvalue weighted by atomic mass is 10.1. The molecule has 1 aromatic carbocycles. The van der Waals surface area contributed by atoms with Crippen LogP contribution in [0.5, 0.6) is 11.9 Å². The number of ether oxygens (including phenoxy) is 2. The first-order valence-electron chi connectivity index (χ1n) is 9.99. The minimum atomic E-state index is -3.84. The first kappa shape index (κ1) is 25.1. The highest BCUT2D eigenvalue weighted by Crippen LogP contribution is 2.34. The molecule has 0 saturated heterocycles. The number of anilines is 1. The Morgan fingerprint density at radius 2 is 1.73 bits per heavy atom. The minimum absolute atomic E-state index is 0.0727.